The van der Waals surface area contributed by atoms with Gasteiger partial charge in [0.15, 0.2) is 0 Å². The summed E-state index contributed by atoms with van der Waals surface area (Å²) >= 11 is 3.98. The molecule has 1 nitrogen and oxygen atoms in total. The molecule has 0 rings (SSSR count). The zero-order chi connectivity index (χ0) is 3.58. The van der Waals surface area contributed by atoms with Crippen LogP contribution >= 0.6 is 0 Å². The Morgan fingerprint density at radius 1 is 1.80 bits per heavy atom. The van der Waals surface area contributed by atoms with Gasteiger partial charge in [-0.05, 0) is 6.92 Å². The molecule has 0 aliphatic carbocycles. The second-order valence-electron chi connectivity index (χ2n) is 0.492. The number of carbonyl (C=O) groups is 1. The normalized spacial score (nSPS) is 5.00. The maximum atomic E-state index is 9.26. The molecule has 3 heteroatoms. The molecular weight excluding hydrogens is 180 g/mol. The molecule has 0 spiro atoms. The predicted octanol–water partition coefficient (Wildman–Crippen LogP) is 0.0773. The molecule has 0 aliphatic rings. The van der Waals surface area contributed by atoms with Crippen molar-refractivity contribution in [3.8, 4) is 0 Å². The summed E-state index contributed by atoms with van der Waals surface area (Å²) < 4.78 is 0. The molecule has 0 aromatic heterocycles. The van der Waals surface area contributed by atoms with E-state index in [4.69, 9.17) is 0 Å². The number of hydrogen-bond acceptors (Lipinski definition) is 2. The third-order valence-electron chi connectivity index (χ3n) is 0. The van der Waals surface area contributed by atoms with Crippen LogP contribution in [0.5, 0.6) is 0 Å². The molecule has 0 amide bonds. The van der Waals surface area contributed by atoms with E-state index in [1.807, 2.05) is 0 Å². The van der Waals surface area contributed by atoms with E-state index in [9.17, 15) is 4.79 Å². The van der Waals surface area contributed by atoms with Gasteiger partial charge >= 0.3 is 22.4 Å². The number of rotatable bonds is 0. The van der Waals surface area contributed by atoms with Crippen LogP contribution < -0.4 is 0 Å². The number of carbonyl (C=O) groups excluding carboxylic acids is 1. The van der Waals surface area contributed by atoms with Crippen molar-refractivity contribution in [2.75, 3.05) is 0 Å². The number of hydrogen-bond donors (Lipinski definition) is 0. The Bertz CT molecular complexity index is 32.6. The van der Waals surface area contributed by atoms with E-state index in [-0.39, 0.29) is 27.5 Å². The summed E-state index contributed by atoms with van der Waals surface area (Å²) in [5.74, 6) is 0. The third-order valence-corrected chi connectivity index (χ3v) is 0. The van der Waals surface area contributed by atoms with E-state index in [0.717, 1.165) is 0 Å². The van der Waals surface area contributed by atoms with Crippen molar-refractivity contribution >= 4 is 17.7 Å². The standard InChI is InChI=1S/C2H4OS.Ag/c1-2(3)4;/h1H3,(H,3,4);/q;+1/p-1. The van der Waals surface area contributed by atoms with Crippen LogP contribution in [0.2, 0.25) is 0 Å². The molecule has 0 unspecified atom stereocenters. The van der Waals surface area contributed by atoms with Crippen molar-refractivity contribution < 1.29 is 27.2 Å². The van der Waals surface area contributed by atoms with Gasteiger partial charge in [0.05, 0.1) is 0 Å². The second-order valence-corrected chi connectivity index (χ2v) is 1.07. The van der Waals surface area contributed by atoms with E-state index in [2.05, 4.69) is 12.6 Å². The summed E-state index contributed by atoms with van der Waals surface area (Å²) in [5.41, 5.74) is 0. The molecule has 0 N–H and O–H groups in total. The van der Waals surface area contributed by atoms with Gasteiger partial charge in [0.2, 0.25) is 0 Å². The maximum absolute atomic E-state index is 9.26. The molecule has 0 aliphatic heterocycles. The minimum atomic E-state index is -0.250. The van der Waals surface area contributed by atoms with Crippen LogP contribution in [-0.4, -0.2) is 5.12 Å². The van der Waals surface area contributed by atoms with Crippen molar-refractivity contribution in [2.24, 2.45) is 0 Å². The molecular formula is C2H3AgOS. The molecule has 0 heterocycles. The summed E-state index contributed by atoms with van der Waals surface area (Å²) in [4.78, 5) is 9.26. The fourth-order valence-corrected chi connectivity index (χ4v) is 0. The molecule has 5 heavy (non-hydrogen) atoms. The van der Waals surface area contributed by atoms with Crippen LogP contribution in [0.25, 0.3) is 0 Å². The van der Waals surface area contributed by atoms with E-state index < -0.39 is 0 Å². The van der Waals surface area contributed by atoms with E-state index >= 15 is 0 Å². The van der Waals surface area contributed by atoms with Crippen molar-refractivity contribution in [2.45, 2.75) is 6.92 Å². The molecule has 0 bridgehead atoms. The van der Waals surface area contributed by atoms with Gasteiger partial charge in [0.25, 0.3) is 0 Å². The summed E-state index contributed by atoms with van der Waals surface area (Å²) in [7, 11) is 0. The first-order chi connectivity index (χ1) is 1.73. The molecule has 0 saturated carbocycles. The van der Waals surface area contributed by atoms with Gasteiger partial charge < -0.3 is 17.4 Å². The van der Waals surface area contributed by atoms with E-state index in [0.29, 0.717) is 0 Å². The minimum Gasteiger partial charge on any atom is -0.742 e. The second kappa shape index (κ2) is 4.63. The van der Waals surface area contributed by atoms with Gasteiger partial charge in [-0.15, -0.1) is 0 Å². The smallest absolute Gasteiger partial charge is 0.742 e. The van der Waals surface area contributed by atoms with Gasteiger partial charge in [-0.3, -0.25) is 0 Å². The predicted molar refractivity (Wildman–Crippen MR) is 18.0 cm³/mol. The maximum Gasteiger partial charge on any atom is 1.00 e. The summed E-state index contributed by atoms with van der Waals surface area (Å²) in [6.45, 7) is 1.34. The third kappa shape index (κ3) is 80.6. The SMILES string of the molecule is CC(=O)[S-].[Ag+]. The molecule has 0 atom stereocenters. The van der Waals surface area contributed by atoms with Gasteiger partial charge in [0, 0.05) is 5.12 Å². The average molecular weight is 183 g/mol. The summed E-state index contributed by atoms with van der Waals surface area (Å²) in [6.07, 6.45) is 0. The quantitative estimate of drug-likeness (QED) is 0.390. The topological polar surface area (TPSA) is 17.1 Å². The largest absolute Gasteiger partial charge is 1.00 e. The van der Waals surface area contributed by atoms with Crippen molar-refractivity contribution in [3.05, 3.63) is 0 Å². The summed E-state index contributed by atoms with van der Waals surface area (Å²) in [6, 6.07) is 0. The van der Waals surface area contributed by atoms with Crippen LogP contribution in [0.3, 0.4) is 0 Å². The minimum absolute atomic E-state index is 0. The van der Waals surface area contributed by atoms with Gasteiger partial charge in [-0.2, -0.15) is 0 Å². The zero-order valence-electron chi connectivity index (χ0n) is 2.62. The average Bonchev–Trinajstić information content (AvgIpc) is 0.811. The van der Waals surface area contributed by atoms with Crippen LogP contribution in [0.15, 0.2) is 0 Å². The Morgan fingerprint density at radius 3 is 1.80 bits per heavy atom. The molecule has 0 fully saturated rings. The first-order valence-corrected chi connectivity index (χ1v) is 1.32. The Morgan fingerprint density at radius 2 is 1.80 bits per heavy atom. The van der Waals surface area contributed by atoms with Crippen LogP contribution in [0, 0.1) is 0 Å². The van der Waals surface area contributed by atoms with Gasteiger partial charge in [-0.25, -0.2) is 0 Å². The fraction of sp³-hybridized carbons (Fsp3) is 0.500. The van der Waals surface area contributed by atoms with Crippen LogP contribution in [0.1, 0.15) is 6.92 Å². The molecule has 0 aromatic carbocycles. The Labute approximate surface area is 52.1 Å². The molecule has 0 aromatic rings. The van der Waals surface area contributed by atoms with Crippen LogP contribution in [-0.2, 0) is 39.8 Å². The first-order valence-electron chi connectivity index (χ1n) is 0.908. The fourth-order valence-electron chi connectivity index (χ4n) is 0. The Kier molecular flexibility index (Phi) is 8.48. The molecule has 0 radical (unpaired) electrons. The van der Waals surface area contributed by atoms with Gasteiger partial charge in [0.1, 0.15) is 0 Å². The monoisotopic (exact) mass is 182 g/mol. The van der Waals surface area contributed by atoms with Gasteiger partial charge in [-0.1, -0.05) is 0 Å². The molecule has 34 valence electrons. The van der Waals surface area contributed by atoms with Crippen molar-refractivity contribution in [3.63, 3.8) is 0 Å². The Balaban J connectivity index is 0. The molecule has 0 saturated heterocycles. The first kappa shape index (κ1) is 9.16. The van der Waals surface area contributed by atoms with Crippen molar-refractivity contribution in [1.82, 2.24) is 0 Å². The Hall–Kier alpha value is 0.630. The van der Waals surface area contributed by atoms with E-state index in [1.165, 1.54) is 6.92 Å². The van der Waals surface area contributed by atoms with E-state index in [1.54, 1.807) is 0 Å². The van der Waals surface area contributed by atoms with Crippen LogP contribution in [0.4, 0.5) is 0 Å². The summed E-state index contributed by atoms with van der Waals surface area (Å²) in [5, 5.41) is -0.250. The van der Waals surface area contributed by atoms with Crippen molar-refractivity contribution in [1.29, 1.82) is 0 Å². The zero-order valence-corrected chi connectivity index (χ0v) is 4.92.